The zero-order valence-electron chi connectivity index (χ0n) is 21.9. The van der Waals surface area contributed by atoms with Crippen LogP contribution in [0.15, 0.2) is 71.6 Å². The largest absolute Gasteiger partial charge is 0.493 e. The lowest BCUT2D eigenvalue weighted by molar-refractivity contribution is -0.136. The van der Waals surface area contributed by atoms with Gasteiger partial charge in [0.15, 0.2) is 11.5 Å². The molecule has 0 aliphatic carbocycles. The van der Waals surface area contributed by atoms with E-state index in [2.05, 4.69) is 9.62 Å². The SMILES string of the molecule is COc1ccc(CC(=O)N2CCN(c3ccc(S(=O)(=O)Nc4cccc(F)c4)cc3)CC2(C)C)cc1OC. The first-order chi connectivity index (χ1) is 18.0. The number of ether oxygens (including phenoxy) is 2. The maximum Gasteiger partial charge on any atom is 0.261 e. The molecule has 8 nitrogen and oxygen atoms in total. The molecule has 38 heavy (non-hydrogen) atoms. The quantitative estimate of drug-likeness (QED) is 0.457. The highest BCUT2D eigenvalue weighted by molar-refractivity contribution is 7.92. The number of carbonyl (C=O) groups excluding carboxylic acids is 1. The van der Waals surface area contributed by atoms with Crippen LogP contribution in [0.25, 0.3) is 0 Å². The van der Waals surface area contributed by atoms with Crippen LogP contribution in [0.1, 0.15) is 19.4 Å². The summed E-state index contributed by atoms with van der Waals surface area (Å²) in [5.41, 5.74) is 1.41. The number of amides is 1. The summed E-state index contributed by atoms with van der Waals surface area (Å²) in [7, 11) is -0.730. The predicted molar refractivity (Wildman–Crippen MR) is 145 cm³/mol. The number of benzene rings is 3. The number of rotatable bonds is 8. The lowest BCUT2D eigenvalue weighted by atomic mass is 9.96. The van der Waals surface area contributed by atoms with Crippen molar-refractivity contribution in [3.8, 4) is 11.5 Å². The van der Waals surface area contributed by atoms with Crippen LogP contribution >= 0.6 is 0 Å². The van der Waals surface area contributed by atoms with Crippen molar-refractivity contribution >= 4 is 27.3 Å². The van der Waals surface area contributed by atoms with Crippen LogP contribution in [0, 0.1) is 5.82 Å². The minimum Gasteiger partial charge on any atom is -0.493 e. The minimum absolute atomic E-state index is 0.0201. The molecule has 0 atom stereocenters. The first-order valence-electron chi connectivity index (χ1n) is 12.2. The average molecular weight is 542 g/mol. The second kappa shape index (κ2) is 10.9. The normalized spacial score (nSPS) is 15.2. The highest BCUT2D eigenvalue weighted by atomic mass is 32.2. The predicted octanol–water partition coefficient (Wildman–Crippen LogP) is 4.31. The van der Waals surface area contributed by atoms with Crippen molar-refractivity contribution in [1.82, 2.24) is 4.90 Å². The van der Waals surface area contributed by atoms with E-state index in [-0.39, 0.29) is 22.9 Å². The fourth-order valence-corrected chi connectivity index (χ4v) is 5.75. The molecule has 0 saturated carbocycles. The van der Waals surface area contributed by atoms with Crippen LogP contribution in [-0.2, 0) is 21.2 Å². The maximum absolute atomic E-state index is 13.4. The maximum atomic E-state index is 13.4. The van der Waals surface area contributed by atoms with Crippen molar-refractivity contribution in [2.45, 2.75) is 30.7 Å². The molecule has 1 aliphatic rings. The number of sulfonamides is 1. The third-order valence-corrected chi connectivity index (χ3v) is 7.99. The van der Waals surface area contributed by atoms with Gasteiger partial charge >= 0.3 is 0 Å². The van der Waals surface area contributed by atoms with E-state index in [1.807, 2.05) is 30.9 Å². The first-order valence-corrected chi connectivity index (χ1v) is 13.7. The highest BCUT2D eigenvalue weighted by Gasteiger charge is 2.36. The molecule has 3 aromatic rings. The van der Waals surface area contributed by atoms with Crippen LogP contribution in [0.4, 0.5) is 15.8 Å². The van der Waals surface area contributed by atoms with Crippen LogP contribution < -0.4 is 19.1 Å². The molecule has 1 aliphatic heterocycles. The number of hydrogen-bond donors (Lipinski definition) is 1. The van der Waals surface area contributed by atoms with E-state index in [1.54, 1.807) is 32.4 Å². The summed E-state index contributed by atoms with van der Waals surface area (Å²) in [6, 6.07) is 17.3. The van der Waals surface area contributed by atoms with Gasteiger partial charge in [0.05, 0.1) is 36.8 Å². The molecular weight excluding hydrogens is 509 g/mol. The van der Waals surface area contributed by atoms with Crippen molar-refractivity contribution in [2.24, 2.45) is 0 Å². The van der Waals surface area contributed by atoms with E-state index < -0.39 is 21.4 Å². The number of hydrogen-bond acceptors (Lipinski definition) is 6. The molecule has 10 heteroatoms. The highest BCUT2D eigenvalue weighted by Crippen LogP contribution is 2.30. The van der Waals surface area contributed by atoms with Gasteiger partial charge in [0.25, 0.3) is 10.0 Å². The van der Waals surface area contributed by atoms with Crippen molar-refractivity contribution in [3.05, 3.63) is 78.1 Å². The number of nitrogens with one attached hydrogen (secondary N) is 1. The second-order valence-electron chi connectivity index (χ2n) is 9.76. The molecule has 1 saturated heterocycles. The van der Waals surface area contributed by atoms with E-state index in [0.717, 1.165) is 17.3 Å². The molecule has 202 valence electrons. The van der Waals surface area contributed by atoms with Gasteiger partial charge in [-0.1, -0.05) is 12.1 Å². The molecule has 0 bridgehead atoms. The molecular formula is C28H32FN3O5S. The van der Waals surface area contributed by atoms with Gasteiger partial charge in [0.2, 0.25) is 5.91 Å². The van der Waals surface area contributed by atoms with Gasteiger partial charge in [-0.05, 0) is 74.0 Å². The number of halogens is 1. The lowest BCUT2D eigenvalue weighted by Crippen LogP contribution is -2.61. The Labute approximate surface area is 223 Å². The van der Waals surface area contributed by atoms with E-state index in [4.69, 9.17) is 9.47 Å². The van der Waals surface area contributed by atoms with Crippen LogP contribution in [0.2, 0.25) is 0 Å². The molecule has 1 fully saturated rings. The molecule has 1 amide bonds. The van der Waals surface area contributed by atoms with Gasteiger partial charge in [-0.2, -0.15) is 0 Å². The third-order valence-electron chi connectivity index (χ3n) is 6.60. The number of carbonyl (C=O) groups is 1. The van der Waals surface area contributed by atoms with Crippen molar-refractivity contribution in [3.63, 3.8) is 0 Å². The van der Waals surface area contributed by atoms with Gasteiger partial charge in [-0.15, -0.1) is 0 Å². The number of methoxy groups -OCH3 is 2. The average Bonchev–Trinajstić information content (AvgIpc) is 2.87. The summed E-state index contributed by atoms with van der Waals surface area (Å²) < 4.78 is 52.0. The molecule has 0 aromatic heterocycles. The fourth-order valence-electron chi connectivity index (χ4n) is 4.70. The Morgan fingerprint density at radius 1 is 0.974 bits per heavy atom. The summed E-state index contributed by atoms with van der Waals surface area (Å²) in [6.07, 6.45) is 0.245. The van der Waals surface area contributed by atoms with Crippen LogP contribution in [0.3, 0.4) is 0 Å². The Kier molecular flexibility index (Phi) is 7.82. The molecule has 4 rings (SSSR count). The van der Waals surface area contributed by atoms with E-state index in [9.17, 15) is 17.6 Å². The van der Waals surface area contributed by atoms with E-state index >= 15 is 0 Å². The Hall–Kier alpha value is -3.79. The molecule has 0 spiro atoms. The first kappa shape index (κ1) is 27.3. The summed E-state index contributed by atoms with van der Waals surface area (Å²) in [5.74, 6) is 0.691. The summed E-state index contributed by atoms with van der Waals surface area (Å²) in [6.45, 7) is 5.76. The molecule has 1 N–H and O–H groups in total. The third kappa shape index (κ3) is 6.02. The molecule has 0 radical (unpaired) electrons. The lowest BCUT2D eigenvalue weighted by Gasteiger charge is -2.48. The Bertz CT molecular complexity index is 1410. The van der Waals surface area contributed by atoms with Gasteiger partial charge in [-0.25, -0.2) is 12.8 Å². The summed E-state index contributed by atoms with van der Waals surface area (Å²) in [5, 5.41) is 0. The monoisotopic (exact) mass is 541 g/mol. The zero-order chi connectivity index (χ0) is 27.5. The molecule has 3 aromatic carbocycles. The smallest absolute Gasteiger partial charge is 0.261 e. The summed E-state index contributed by atoms with van der Waals surface area (Å²) >= 11 is 0. The number of anilines is 2. The molecule has 0 unspecified atom stereocenters. The topological polar surface area (TPSA) is 88.2 Å². The van der Waals surface area contributed by atoms with Crippen molar-refractivity contribution in [1.29, 1.82) is 0 Å². The van der Waals surface area contributed by atoms with E-state index in [0.29, 0.717) is 31.1 Å². The minimum atomic E-state index is -3.86. The van der Waals surface area contributed by atoms with Crippen LogP contribution in [-0.4, -0.2) is 58.6 Å². The number of piperazine rings is 1. The Balaban J connectivity index is 1.42. The fraction of sp³-hybridized carbons (Fsp3) is 0.321. The Morgan fingerprint density at radius 2 is 1.68 bits per heavy atom. The van der Waals surface area contributed by atoms with Gasteiger partial charge in [0.1, 0.15) is 5.82 Å². The van der Waals surface area contributed by atoms with Crippen molar-refractivity contribution in [2.75, 3.05) is 43.5 Å². The Morgan fingerprint density at radius 3 is 2.32 bits per heavy atom. The zero-order valence-corrected chi connectivity index (χ0v) is 22.7. The van der Waals surface area contributed by atoms with Gasteiger partial charge < -0.3 is 19.3 Å². The summed E-state index contributed by atoms with van der Waals surface area (Å²) in [4.78, 5) is 17.3. The molecule has 1 heterocycles. The number of nitrogens with zero attached hydrogens (tertiary/aromatic N) is 2. The van der Waals surface area contributed by atoms with Crippen molar-refractivity contribution < 1.29 is 27.1 Å². The van der Waals surface area contributed by atoms with Gasteiger partial charge in [-0.3, -0.25) is 9.52 Å². The second-order valence-corrected chi connectivity index (χ2v) is 11.4. The van der Waals surface area contributed by atoms with Gasteiger partial charge in [0, 0.05) is 25.3 Å². The standard InChI is InChI=1S/C28H32FN3O5S/c1-28(2)19-31(14-15-32(28)27(33)17-20-8-13-25(36-3)26(16-20)37-4)23-9-11-24(12-10-23)38(34,35)30-22-7-5-6-21(29)18-22/h5-13,16,18,30H,14-15,17,19H2,1-4H3. The van der Waals surface area contributed by atoms with E-state index in [1.165, 1.54) is 30.3 Å². The van der Waals surface area contributed by atoms with Crippen LogP contribution in [0.5, 0.6) is 11.5 Å².